The second-order valence-corrected chi connectivity index (χ2v) is 6.39. The van der Waals surface area contributed by atoms with Gasteiger partial charge in [0.2, 0.25) is 5.79 Å². The van der Waals surface area contributed by atoms with Gasteiger partial charge in [-0.3, -0.25) is 0 Å². The Balaban J connectivity index is 5.21. The number of hydrogen-bond acceptors (Lipinski definition) is 4. The molecule has 0 aromatic carbocycles. The fourth-order valence-corrected chi connectivity index (χ4v) is 2.55. The summed E-state index contributed by atoms with van der Waals surface area (Å²) in [6.45, 7) is 8.92. The van der Waals surface area contributed by atoms with Crippen molar-refractivity contribution >= 4 is 13.8 Å². The molecule has 0 aliphatic heterocycles. The van der Waals surface area contributed by atoms with Gasteiger partial charge >= 0.3 is 13.8 Å². The Kier molecular flexibility index (Phi) is 9.06. The molecule has 1 unspecified atom stereocenters. The van der Waals surface area contributed by atoms with Gasteiger partial charge in [0.15, 0.2) is 0 Å². The maximum Gasteiger partial charge on any atom is 0.472 e. The molecule has 0 aliphatic carbocycles. The number of unbranched alkanes of at least 4 members (excludes halogenated alkanes) is 3. The number of hydrogen-bond donors (Lipinski definition) is 2. The number of ether oxygens (including phenoxy) is 1. The molecule has 7 heteroatoms. The Morgan fingerprint density at radius 3 is 2.10 bits per heavy atom. The summed E-state index contributed by atoms with van der Waals surface area (Å²) in [6.07, 6.45) is 4.39. The summed E-state index contributed by atoms with van der Waals surface area (Å²) in [5, 5.41) is 0. The van der Waals surface area contributed by atoms with Crippen molar-refractivity contribution in [2.24, 2.45) is 0 Å². The van der Waals surface area contributed by atoms with Crippen LogP contribution in [0.3, 0.4) is 0 Å². The van der Waals surface area contributed by atoms with E-state index in [1.807, 2.05) is 13.8 Å². The molecule has 0 rings (SSSR count). The highest BCUT2D eigenvalue weighted by atomic mass is 31.2. The minimum Gasteiger partial charge on any atom is -0.429 e. The molecule has 0 amide bonds. The first kappa shape index (κ1) is 20.3. The standard InChI is InChI=1S/C14H27O6P/c1-5-7-9-11-14(10-8-6-2,20-21(16,17)18)19-13(15)12(3)4/h3,5-11H2,1-2,4H3,(H2,16,17,18). The van der Waals surface area contributed by atoms with E-state index in [2.05, 4.69) is 6.58 Å². The monoisotopic (exact) mass is 322 g/mol. The predicted octanol–water partition coefficient (Wildman–Crippen LogP) is 3.68. The van der Waals surface area contributed by atoms with E-state index in [0.717, 1.165) is 19.3 Å². The fraction of sp³-hybridized carbons (Fsp3) is 0.786. The van der Waals surface area contributed by atoms with Gasteiger partial charge in [-0.05, 0) is 19.8 Å². The molecule has 2 N–H and O–H groups in total. The molecule has 0 aromatic rings. The van der Waals surface area contributed by atoms with E-state index in [0.29, 0.717) is 12.8 Å². The lowest BCUT2D eigenvalue weighted by molar-refractivity contribution is -0.204. The van der Waals surface area contributed by atoms with E-state index in [1.54, 1.807) is 0 Å². The van der Waals surface area contributed by atoms with Gasteiger partial charge in [0.1, 0.15) is 0 Å². The summed E-state index contributed by atoms with van der Waals surface area (Å²) in [5.74, 6) is -2.28. The van der Waals surface area contributed by atoms with Crippen molar-refractivity contribution in [3.05, 3.63) is 12.2 Å². The van der Waals surface area contributed by atoms with Gasteiger partial charge in [0.25, 0.3) is 0 Å². The van der Waals surface area contributed by atoms with Gasteiger partial charge in [-0.15, -0.1) is 0 Å². The number of esters is 1. The average Bonchev–Trinajstić information content (AvgIpc) is 2.34. The van der Waals surface area contributed by atoms with Gasteiger partial charge in [0.05, 0.1) is 0 Å². The zero-order valence-corrected chi connectivity index (χ0v) is 14.0. The lowest BCUT2D eigenvalue weighted by atomic mass is 10.0. The van der Waals surface area contributed by atoms with E-state index < -0.39 is 19.6 Å². The first-order valence-electron chi connectivity index (χ1n) is 7.31. The van der Waals surface area contributed by atoms with Crippen molar-refractivity contribution in [2.45, 2.75) is 71.5 Å². The third-order valence-corrected chi connectivity index (χ3v) is 3.56. The van der Waals surface area contributed by atoms with Gasteiger partial charge in [-0.1, -0.05) is 39.7 Å². The molecule has 0 aliphatic rings. The Morgan fingerprint density at radius 2 is 1.67 bits per heavy atom. The Hall–Kier alpha value is -0.680. The van der Waals surface area contributed by atoms with Crippen LogP contribution >= 0.6 is 7.82 Å². The minimum atomic E-state index is -4.77. The van der Waals surface area contributed by atoms with E-state index in [-0.39, 0.29) is 18.4 Å². The topological polar surface area (TPSA) is 93.1 Å². The maximum absolute atomic E-state index is 11.8. The lowest BCUT2D eigenvalue weighted by Crippen LogP contribution is -2.37. The van der Waals surface area contributed by atoms with Gasteiger partial charge in [-0.25, -0.2) is 13.9 Å². The molecule has 0 heterocycles. The summed E-state index contributed by atoms with van der Waals surface area (Å²) >= 11 is 0. The van der Waals surface area contributed by atoms with Crippen molar-refractivity contribution in [3.8, 4) is 0 Å². The van der Waals surface area contributed by atoms with Crippen LogP contribution in [-0.4, -0.2) is 21.5 Å². The van der Waals surface area contributed by atoms with Crippen LogP contribution in [0.1, 0.15) is 65.7 Å². The third kappa shape index (κ3) is 9.04. The quantitative estimate of drug-likeness (QED) is 0.198. The largest absolute Gasteiger partial charge is 0.472 e. The molecule has 1 atom stereocenters. The van der Waals surface area contributed by atoms with Crippen molar-refractivity contribution in [2.75, 3.05) is 0 Å². The van der Waals surface area contributed by atoms with Crippen LogP contribution in [0.25, 0.3) is 0 Å². The van der Waals surface area contributed by atoms with Gasteiger partial charge < -0.3 is 14.5 Å². The van der Waals surface area contributed by atoms with Crippen LogP contribution in [0, 0.1) is 0 Å². The van der Waals surface area contributed by atoms with Crippen LogP contribution < -0.4 is 0 Å². The molecule has 0 aromatic heterocycles. The zero-order chi connectivity index (χ0) is 16.5. The predicted molar refractivity (Wildman–Crippen MR) is 80.4 cm³/mol. The summed E-state index contributed by atoms with van der Waals surface area (Å²) in [4.78, 5) is 30.1. The minimum absolute atomic E-state index is 0.167. The SMILES string of the molecule is C=C(C)C(=O)OC(CCCC)(CCCCC)OP(=O)(O)O. The molecule has 0 spiro atoms. The van der Waals surface area contributed by atoms with Crippen molar-refractivity contribution in [1.82, 2.24) is 0 Å². The van der Waals surface area contributed by atoms with E-state index in [4.69, 9.17) is 19.0 Å². The van der Waals surface area contributed by atoms with E-state index >= 15 is 0 Å². The van der Waals surface area contributed by atoms with E-state index in [1.165, 1.54) is 6.92 Å². The summed E-state index contributed by atoms with van der Waals surface area (Å²) < 4.78 is 21.4. The molecule has 0 saturated heterocycles. The zero-order valence-electron chi connectivity index (χ0n) is 13.1. The molecule has 21 heavy (non-hydrogen) atoms. The Morgan fingerprint density at radius 1 is 1.14 bits per heavy atom. The number of phosphoric ester groups is 1. The third-order valence-electron chi connectivity index (χ3n) is 2.98. The van der Waals surface area contributed by atoms with Crippen molar-refractivity contribution in [1.29, 1.82) is 0 Å². The first-order valence-corrected chi connectivity index (χ1v) is 8.84. The highest BCUT2D eigenvalue weighted by molar-refractivity contribution is 7.46. The normalized spacial score (nSPS) is 14.5. The molecular formula is C14H27O6P. The number of carbonyl (C=O) groups excluding carboxylic acids is 1. The highest BCUT2D eigenvalue weighted by Gasteiger charge is 2.40. The molecule has 124 valence electrons. The molecule has 0 radical (unpaired) electrons. The average molecular weight is 322 g/mol. The number of rotatable bonds is 11. The Bertz CT molecular complexity index is 389. The van der Waals surface area contributed by atoms with Gasteiger partial charge in [-0.2, -0.15) is 0 Å². The Labute approximate surface area is 126 Å². The van der Waals surface area contributed by atoms with Crippen LogP contribution in [0.2, 0.25) is 0 Å². The molecule has 6 nitrogen and oxygen atoms in total. The highest BCUT2D eigenvalue weighted by Crippen LogP contribution is 2.46. The van der Waals surface area contributed by atoms with Crippen LogP contribution in [0.15, 0.2) is 12.2 Å². The number of phosphoric acid groups is 1. The van der Waals surface area contributed by atoms with E-state index in [9.17, 15) is 9.36 Å². The lowest BCUT2D eigenvalue weighted by Gasteiger charge is -2.33. The molecular weight excluding hydrogens is 295 g/mol. The first-order chi connectivity index (χ1) is 9.66. The fourth-order valence-electron chi connectivity index (χ4n) is 1.90. The second-order valence-electron chi connectivity index (χ2n) is 5.22. The van der Waals surface area contributed by atoms with Crippen molar-refractivity contribution in [3.63, 3.8) is 0 Å². The molecule has 0 saturated carbocycles. The smallest absolute Gasteiger partial charge is 0.429 e. The van der Waals surface area contributed by atoms with Crippen LogP contribution in [-0.2, 0) is 18.6 Å². The summed E-state index contributed by atoms with van der Waals surface area (Å²) in [5.41, 5.74) is 0.167. The second kappa shape index (κ2) is 9.36. The maximum atomic E-state index is 11.8. The summed E-state index contributed by atoms with van der Waals surface area (Å²) in [7, 11) is -4.77. The van der Waals surface area contributed by atoms with Crippen LogP contribution in [0.5, 0.6) is 0 Å². The number of carbonyl (C=O) groups is 1. The molecule has 0 bridgehead atoms. The van der Waals surface area contributed by atoms with Crippen molar-refractivity contribution < 1.29 is 28.4 Å². The van der Waals surface area contributed by atoms with Crippen LogP contribution in [0.4, 0.5) is 0 Å². The molecule has 0 fully saturated rings. The van der Waals surface area contributed by atoms with Gasteiger partial charge in [0, 0.05) is 18.4 Å². The summed E-state index contributed by atoms with van der Waals surface area (Å²) in [6, 6.07) is 0.